The fraction of sp³-hybridized carbons (Fsp3) is 0.222. The van der Waals surface area contributed by atoms with Gasteiger partial charge < -0.3 is 18.8 Å². The van der Waals surface area contributed by atoms with Crippen LogP contribution in [0.5, 0.6) is 5.75 Å². The Morgan fingerprint density at radius 3 is 2.43 bits per heavy atom. The number of amides is 1. The number of hydrogen-bond donors (Lipinski definition) is 0. The maximum atomic E-state index is 14.3. The number of aromatic nitrogens is 1. The van der Waals surface area contributed by atoms with E-state index in [0.717, 1.165) is 21.9 Å². The Bertz CT molecular complexity index is 2180. The van der Waals surface area contributed by atoms with Gasteiger partial charge in [-0.25, -0.2) is 9.79 Å². The summed E-state index contributed by atoms with van der Waals surface area (Å²) in [5.41, 5.74) is 2.64. The second kappa shape index (κ2) is 12.6. The number of carbonyl (C=O) groups is 2. The van der Waals surface area contributed by atoms with Gasteiger partial charge in [-0.15, -0.1) is 0 Å². The average molecular weight is 636 g/mol. The summed E-state index contributed by atoms with van der Waals surface area (Å²) in [4.78, 5) is 47.3. The van der Waals surface area contributed by atoms with Gasteiger partial charge in [0, 0.05) is 30.3 Å². The molecule has 2 aromatic heterocycles. The highest BCUT2D eigenvalue weighted by atomic mass is 32.1. The molecule has 0 saturated carbocycles. The van der Waals surface area contributed by atoms with E-state index in [0.29, 0.717) is 56.5 Å². The summed E-state index contributed by atoms with van der Waals surface area (Å²) in [5, 5.41) is 1.85. The summed E-state index contributed by atoms with van der Waals surface area (Å²) in [6.07, 6.45) is 1.69. The molecule has 5 aromatic rings. The van der Waals surface area contributed by atoms with Crippen molar-refractivity contribution in [2.75, 3.05) is 27.3 Å². The van der Waals surface area contributed by atoms with Crippen LogP contribution in [0, 0.1) is 0 Å². The van der Waals surface area contributed by atoms with Gasteiger partial charge in [-0.3, -0.25) is 14.2 Å². The van der Waals surface area contributed by atoms with Crippen LogP contribution < -0.4 is 19.6 Å². The predicted molar refractivity (Wildman–Crippen MR) is 178 cm³/mol. The smallest absolute Gasteiger partial charge is 0.337 e. The summed E-state index contributed by atoms with van der Waals surface area (Å²) in [5.74, 6) is 1.04. The molecule has 0 N–H and O–H groups in total. The lowest BCUT2D eigenvalue weighted by molar-refractivity contribution is -0.127. The fourth-order valence-electron chi connectivity index (χ4n) is 5.89. The highest BCUT2D eigenvalue weighted by Gasteiger charge is 2.36. The van der Waals surface area contributed by atoms with E-state index < -0.39 is 12.0 Å². The molecular weight excluding hydrogens is 602 g/mol. The first kappa shape index (κ1) is 30.8. The second-order valence-corrected chi connectivity index (χ2v) is 11.7. The number of allylic oxidation sites excluding steroid dienone is 1. The summed E-state index contributed by atoms with van der Waals surface area (Å²) >= 11 is 1.24. The van der Waals surface area contributed by atoms with Crippen molar-refractivity contribution in [3.8, 4) is 17.1 Å². The Hall–Kier alpha value is -5.22. The van der Waals surface area contributed by atoms with E-state index in [-0.39, 0.29) is 11.5 Å². The molecule has 0 fully saturated rings. The van der Waals surface area contributed by atoms with Crippen LogP contribution in [0.2, 0.25) is 0 Å². The van der Waals surface area contributed by atoms with Crippen molar-refractivity contribution >= 4 is 40.1 Å². The maximum Gasteiger partial charge on any atom is 0.337 e. The van der Waals surface area contributed by atoms with Crippen LogP contribution in [0.15, 0.2) is 98.3 Å². The molecule has 1 aliphatic rings. The van der Waals surface area contributed by atoms with Gasteiger partial charge in [0.05, 0.1) is 35.6 Å². The standard InChI is InChI=1S/C36H33N3O6S/c1-6-38(7-2)34(41)30-21(3)37-36-39(32(30)31-26-11-9-8-10-22(26)16-18-28(31)43-4)33(40)29(46-36)20-25-17-19-27(45-25)23-12-14-24(15-13-23)35(42)44-5/h8-20,32H,6-7H2,1-5H3/b29-20+/t32-/m1/s1. The second-order valence-electron chi connectivity index (χ2n) is 10.7. The van der Waals surface area contributed by atoms with Gasteiger partial charge >= 0.3 is 5.97 Å². The van der Waals surface area contributed by atoms with Crippen molar-refractivity contribution in [1.82, 2.24) is 9.47 Å². The highest BCUT2D eigenvalue weighted by molar-refractivity contribution is 7.07. The Morgan fingerprint density at radius 1 is 1.00 bits per heavy atom. The molecule has 0 saturated heterocycles. The number of nitrogens with zero attached hydrogens (tertiary/aromatic N) is 3. The van der Waals surface area contributed by atoms with Crippen molar-refractivity contribution in [1.29, 1.82) is 0 Å². The SMILES string of the molecule is CCN(CC)C(=O)C1=C(C)N=c2s/c(=C/c3ccc(-c4ccc(C(=O)OC)cc4)o3)c(=O)n2[C@H]1c1c(OC)ccc2ccccc12. The molecule has 234 valence electrons. The van der Waals surface area contributed by atoms with Crippen LogP contribution in [0.4, 0.5) is 0 Å². The third kappa shape index (κ3) is 5.34. The first-order chi connectivity index (χ1) is 22.3. The molecule has 0 unspecified atom stereocenters. The zero-order valence-corrected chi connectivity index (χ0v) is 27.0. The zero-order chi connectivity index (χ0) is 32.5. The molecular formula is C36H33N3O6S. The molecule has 1 atom stereocenters. The highest BCUT2D eigenvalue weighted by Crippen LogP contribution is 2.40. The van der Waals surface area contributed by atoms with Gasteiger partial charge in [0.2, 0.25) is 0 Å². The molecule has 3 aromatic carbocycles. The number of furan rings is 1. The number of fused-ring (bicyclic) bond motifs is 2. The van der Waals surface area contributed by atoms with Gasteiger partial charge in [0.15, 0.2) is 4.80 Å². The predicted octanol–water partition coefficient (Wildman–Crippen LogP) is 5.31. The third-order valence-electron chi connectivity index (χ3n) is 8.22. The number of ether oxygens (including phenoxy) is 2. The van der Waals surface area contributed by atoms with E-state index >= 15 is 0 Å². The van der Waals surface area contributed by atoms with Gasteiger partial charge in [0.1, 0.15) is 23.3 Å². The van der Waals surface area contributed by atoms with Gasteiger partial charge in [-0.1, -0.05) is 53.8 Å². The number of methoxy groups -OCH3 is 2. The van der Waals surface area contributed by atoms with Crippen LogP contribution in [0.25, 0.3) is 28.2 Å². The number of rotatable bonds is 8. The molecule has 3 heterocycles. The lowest BCUT2D eigenvalue weighted by Gasteiger charge is -2.30. The van der Waals surface area contributed by atoms with Crippen molar-refractivity contribution in [2.45, 2.75) is 26.8 Å². The summed E-state index contributed by atoms with van der Waals surface area (Å²) in [7, 11) is 2.93. The lowest BCUT2D eigenvalue weighted by atomic mass is 9.90. The Kier molecular flexibility index (Phi) is 8.46. The van der Waals surface area contributed by atoms with Crippen LogP contribution in [-0.2, 0) is 9.53 Å². The molecule has 0 radical (unpaired) electrons. The first-order valence-electron chi connectivity index (χ1n) is 15.0. The quantitative estimate of drug-likeness (QED) is 0.214. The Morgan fingerprint density at radius 2 is 1.74 bits per heavy atom. The van der Waals surface area contributed by atoms with Crippen molar-refractivity contribution < 1.29 is 23.5 Å². The minimum absolute atomic E-state index is 0.172. The first-order valence-corrected chi connectivity index (χ1v) is 15.8. The largest absolute Gasteiger partial charge is 0.496 e. The van der Waals surface area contributed by atoms with Crippen LogP contribution in [0.1, 0.15) is 48.5 Å². The monoisotopic (exact) mass is 635 g/mol. The number of carbonyl (C=O) groups excluding carboxylic acids is 2. The normalized spacial score (nSPS) is 14.6. The zero-order valence-electron chi connectivity index (χ0n) is 26.2. The molecule has 1 amide bonds. The summed E-state index contributed by atoms with van der Waals surface area (Å²) < 4.78 is 18.8. The van der Waals surface area contributed by atoms with E-state index in [4.69, 9.17) is 18.9 Å². The summed E-state index contributed by atoms with van der Waals surface area (Å²) in [6, 6.07) is 21.5. The number of likely N-dealkylation sites (N-methyl/N-ethyl adjacent to an activating group) is 1. The van der Waals surface area contributed by atoms with E-state index in [9.17, 15) is 14.4 Å². The van der Waals surface area contributed by atoms with E-state index in [1.54, 1.807) is 53.0 Å². The third-order valence-corrected chi connectivity index (χ3v) is 9.20. The molecule has 1 aliphatic heterocycles. The van der Waals surface area contributed by atoms with Gasteiger partial charge in [0.25, 0.3) is 11.5 Å². The topological polar surface area (TPSA) is 103 Å². The van der Waals surface area contributed by atoms with Crippen LogP contribution in [0.3, 0.4) is 0 Å². The van der Waals surface area contributed by atoms with Crippen molar-refractivity contribution in [2.24, 2.45) is 4.99 Å². The van der Waals surface area contributed by atoms with E-state index in [2.05, 4.69) is 0 Å². The van der Waals surface area contributed by atoms with Crippen LogP contribution in [-0.4, -0.2) is 48.7 Å². The number of hydrogen-bond acceptors (Lipinski definition) is 8. The van der Waals surface area contributed by atoms with Gasteiger partial charge in [-0.2, -0.15) is 0 Å². The molecule has 0 bridgehead atoms. The van der Waals surface area contributed by atoms with Gasteiger partial charge in [-0.05, 0) is 61.9 Å². The minimum Gasteiger partial charge on any atom is -0.496 e. The number of esters is 1. The molecule has 0 spiro atoms. The molecule has 9 nitrogen and oxygen atoms in total. The number of benzene rings is 3. The van der Waals surface area contributed by atoms with E-state index in [1.165, 1.54) is 18.4 Å². The minimum atomic E-state index is -0.770. The lowest BCUT2D eigenvalue weighted by Crippen LogP contribution is -2.43. The summed E-state index contributed by atoms with van der Waals surface area (Å²) in [6.45, 7) is 6.73. The molecule has 10 heteroatoms. The number of thiazole rings is 1. The Balaban J connectivity index is 1.52. The Labute approximate surface area is 269 Å². The average Bonchev–Trinajstić information content (AvgIpc) is 3.67. The van der Waals surface area contributed by atoms with Crippen LogP contribution >= 0.6 is 11.3 Å². The van der Waals surface area contributed by atoms with Crippen molar-refractivity contribution in [3.63, 3.8) is 0 Å². The molecule has 46 heavy (non-hydrogen) atoms. The van der Waals surface area contributed by atoms with E-state index in [1.807, 2.05) is 63.2 Å². The fourth-order valence-corrected chi connectivity index (χ4v) is 6.91. The molecule has 6 rings (SSSR count). The maximum absolute atomic E-state index is 14.3. The molecule has 0 aliphatic carbocycles. The van der Waals surface area contributed by atoms with Crippen molar-refractivity contribution in [3.05, 3.63) is 121 Å².